The van der Waals surface area contributed by atoms with E-state index in [1.165, 1.54) is 6.21 Å². The molecule has 2 aromatic carbocycles. The number of hydrogen-bond acceptors (Lipinski definition) is 5. The molecule has 1 amide bonds. The van der Waals surface area contributed by atoms with Gasteiger partial charge in [-0.3, -0.25) is 4.79 Å². The standard InChI is InChI=1S/C19H20N2O4/c1-3-12-24-16-10-8-15(9-11-16)13-20-21-19(22)14-25-18-7-5-4-6-17(18)23-2/h3-11,13H,1,12,14H2,2H3,(H,21,22)/b20-13-. The number of amides is 1. The van der Waals surface area contributed by atoms with Crippen LogP contribution >= 0.6 is 0 Å². The van der Waals surface area contributed by atoms with Crippen LogP contribution in [-0.4, -0.2) is 32.4 Å². The molecule has 0 aliphatic heterocycles. The van der Waals surface area contributed by atoms with Crippen LogP contribution in [0.1, 0.15) is 5.56 Å². The third kappa shape index (κ3) is 6.02. The topological polar surface area (TPSA) is 69.2 Å². The van der Waals surface area contributed by atoms with Gasteiger partial charge in [-0.15, -0.1) is 0 Å². The first-order valence-corrected chi connectivity index (χ1v) is 7.64. The van der Waals surface area contributed by atoms with Gasteiger partial charge >= 0.3 is 0 Å². The van der Waals surface area contributed by atoms with Gasteiger partial charge in [-0.2, -0.15) is 5.10 Å². The zero-order chi connectivity index (χ0) is 17.9. The first kappa shape index (κ1) is 18.1. The van der Waals surface area contributed by atoms with E-state index in [9.17, 15) is 4.79 Å². The largest absolute Gasteiger partial charge is 0.493 e. The van der Waals surface area contributed by atoms with Gasteiger partial charge in [0.25, 0.3) is 5.91 Å². The van der Waals surface area contributed by atoms with Gasteiger partial charge < -0.3 is 14.2 Å². The second kappa shape index (κ2) is 9.77. The minimum absolute atomic E-state index is 0.161. The number of benzene rings is 2. The number of nitrogens with one attached hydrogen (secondary N) is 1. The van der Waals surface area contributed by atoms with Gasteiger partial charge in [0.05, 0.1) is 13.3 Å². The average molecular weight is 340 g/mol. The third-order valence-electron chi connectivity index (χ3n) is 3.08. The SMILES string of the molecule is C=CCOc1ccc(/C=N\NC(=O)COc2ccccc2OC)cc1. The van der Waals surface area contributed by atoms with Crippen molar-refractivity contribution in [2.24, 2.45) is 5.10 Å². The van der Waals surface area contributed by atoms with E-state index in [-0.39, 0.29) is 12.5 Å². The lowest BCUT2D eigenvalue weighted by Crippen LogP contribution is -2.24. The van der Waals surface area contributed by atoms with E-state index in [4.69, 9.17) is 14.2 Å². The number of ether oxygens (including phenoxy) is 3. The second-order valence-corrected chi connectivity index (χ2v) is 4.90. The predicted molar refractivity (Wildman–Crippen MR) is 96.4 cm³/mol. The Hall–Kier alpha value is -3.28. The Labute approximate surface area is 146 Å². The molecule has 0 radical (unpaired) electrons. The van der Waals surface area contributed by atoms with E-state index >= 15 is 0 Å². The Morgan fingerprint density at radius 1 is 1.12 bits per heavy atom. The fourth-order valence-corrected chi connectivity index (χ4v) is 1.90. The molecular weight excluding hydrogens is 320 g/mol. The van der Waals surface area contributed by atoms with Crippen molar-refractivity contribution in [1.82, 2.24) is 5.43 Å². The lowest BCUT2D eigenvalue weighted by molar-refractivity contribution is -0.123. The maximum absolute atomic E-state index is 11.8. The molecule has 0 unspecified atom stereocenters. The number of carbonyl (C=O) groups excluding carboxylic acids is 1. The van der Waals surface area contributed by atoms with Gasteiger partial charge in [-0.1, -0.05) is 24.8 Å². The van der Waals surface area contributed by atoms with Crippen molar-refractivity contribution in [2.45, 2.75) is 0 Å². The molecule has 0 fully saturated rings. The summed E-state index contributed by atoms with van der Waals surface area (Å²) in [5.74, 6) is 1.44. The van der Waals surface area contributed by atoms with Gasteiger partial charge in [0.1, 0.15) is 12.4 Å². The molecule has 0 bridgehead atoms. The average Bonchev–Trinajstić information content (AvgIpc) is 2.66. The number of rotatable bonds is 9. The smallest absolute Gasteiger partial charge is 0.277 e. The van der Waals surface area contributed by atoms with Crippen LogP contribution in [0.5, 0.6) is 17.2 Å². The van der Waals surface area contributed by atoms with Crippen molar-refractivity contribution in [3.8, 4) is 17.2 Å². The summed E-state index contributed by atoms with van der Waals surface area (Å²) in [5, 5.41) is 3.90. The molecule has 0 aliphatic rings. The fourth-order valence-electron chi connectivity index (χ4n) is 1.90. The number of hydrogen-bond donors (Lipinski definition) is 1. The van der Waals surface area contributed by atoms with E-state index in [2.05, 4.69) is 17.1 Å². The second-order valence-electron chi connectivity index (χ2n) is 4.90. The first-order chi connectivity index (χ1) is 12.2. The van der Waals surface area contributed by atoms with Gasteiger partial charge in [0.15, 0.2) is 18.1 Å². The summed E-state index contributed by atoms with van der Waals surface area (Å²) in [6.07, 6.45) is 3.22. The van der Waals surface area contributed by atoms with E-state index < -0.39 is 0 Å². The van der Waals surface area contributed by atoms with Crippen LogP contribution < -0.4 is 19.6 Å². The third-order valence-corrected chi connectivity index (χ3v) is 3.08. The monoisotopic (exact) mass is 340 g/mol. The normalized spacial score (nSPS) is 10.3. The van der Waals surface area contributed by atoms with Crippen LogP contribution in [0, 0.1) is 0 Å². The molecule has 25 heavy (non-hydrogen) atoms. The molecule has 130 valence electrons. The number of methoxy groups -OCH3 is 1. The Bertz CT molecular complexity index is 726. The molecule has 0 aliphatic carbocycles. The summed E-state index contributed by atoms with van der Waals surface area (Å²) in [6.45, 7) is 3.88. The number of para-hydroxylation sites is 2. The molecule has 0 heterocycles. The molecule has 0 saturated carbocycles. The lowest BCUT2D eigenvalue weighted by atomic mass is 10.2. The maximum atomic E-state index is 11.8. The molecule has 0 saturated heterocycles. The highest BCUT2D eigenvalue weighted by Gasteiger charge is 2.05. The zero-order valence-corrected chi connectivity index (χ0v) is 14.0. The summed E-state index contributed by atoms with van der Waals surface area (Å²) in [5.41, 5.74) is 3.24. The van der Waals surface area contributed by atoms with E-state index in [1.807, 2.05) is 30.3 Å². The van der Waals surface area contributed by atoms with Gasteiger partial charge in [0.2, 0.25) is 0 Å². The summed E-state index contributed by atoms with van der Waals surface area (Å²) in [4.78, 5) is 11.8. The van der Waals surface area contributed by atoms with E-state index in [0.29, 0.717) is 18.1 Å². The molecule has 0 atom stereocenters. The van der Waals surface area contributed by atoms with Crippen LogP contribution in [0.2, 0.25) is 0 Å². The van der Waals surface area contributed by atoms with Gasteiger partial charge in [0, 0.05) is 0 Å². The Morgan fingerprint density at radius 2 is 1.84 bits per heavy atom. The Kier molecular flexibility index (Phi) is 7.06. The first-order valence-electron chi connectivity index (χ1n) is 7.64. The minimum atomic E-state index is -0.368. The molecular formula is C19H20N2O4. The molecule has 2 rings (SSSR count). The quantitative estimate of drug-likeness (QED) is 0.433. The summed E-state index contributed by atoms with van der Waals surface area (Å²) < 4.78 is 15.9. The van der Waals surface area contributed by atoms with Crippen LogP contribution in [0.25, 0.3) is 0 Å². The van der Waals surface area contributed by atoms with Crippen LogP contribution in [-0.2, 0) is 4.79 Å². The number of carbonyl (C=O) groups is 1. The number of nitrogens with zero attached hydrogens (tertiary/aromatic N) is 1. The van der Waals surface area contributed by atoms with Crippen molar-refractivity contribution in [3.05, 3.63) is 66.7 Å². The molecule has 0 aromatic heterocycles. The fraction of sp³-hybridized carbons (Fsp3) is 0.158. The molecule has 0 spiro atoms. The summed E-state index contributed by atoms with van der Waals surface area (Å²) in [6, 6.07) is 14.4. The number of hydrazone groups is 1. The molecule has 2 aromatic rings. The van der Waals surface area contributed by atoms with Crippen LogP contribution in [0.4, 0.5) is 0 Å². The maximum Gasteiger partial charge on any atom is 0.277 e. The van der Waals surface area contributed by atoms with Crippen molar-refractivity contribution in [1.29, 1.82) is 0 Å². The summed E-state index contributed by atoms with van der Waals surface area (Å²) >= 11 is 0. The molecule has 1 N–H and O–H groups in total. The minimum Gasteiger partial charge on any atom is -0.493 e. The highest BCUT2D eigenvalue weighted by molar-refractivity contribution is 5.83. The van der Waals surface area contributed by atoms with Crippen molar-refractivity contribution >= 4 is 12.1 Å². The summed E-state index contributed by atoms with van der Waals surface area (Å²) in [7, 11) is 1.54. The van der Waals surface area contributed by atoms with Gasteiger partial charge in [-0.25, -0.2) is 5.43 Å². The van der Waals surface area contributed by atoms with Crippen molar-refractivity contribution < 1.29 is 19.0 Å². The van der Waals surface area contributed by atoms with E-state index in [0.717, 1.165) is 11.3 Å². The van der Waals surface area contributed by atoms with Crippen LogP contribution in [0.15, 0.2) is 66.3 Å². The van der Waals surface area contributed by atoms with Crippen molar-refractivity contribution in [3.63, 3.8) is 0 Å². The van der Waals surface area contributed by atoms with Gasteiger partial charge in [-0.05, 0) is 42.0 Å². The predicted octanol–water partition coefficient (Wildman–Crippen LogP) is 2.79. The molecule has 6 heteroatoms. The zero-order valence-electron chi connectivity index (χ0n) is 14.0. The molecule has 6 nitrogen and oxygen atoms in total. The Balaban J connectivity index is 1.79. The Morgan fingerprint density at radius 3 is 2.52 bits per heavy atom. The lowest BCUT2D eigenvalue weighted by Gasteiger charge is -2.09. The van der Waals surface area contributed by atoms with Crippen molar-refractivity contribution in [2.75, 3.05) is 20.3 Å². The van der Waals surface area contributed by atoms with Crippen LogP contribution in [0.3, 0.4) is 0 Å². The highest BCUT2D eigenvalue weighted by Crippen LogP contribution is 2.25. The van der Waals surface area contributed by atoms with E-state index in [1.54, 1.807) is 31.4 Å². The highest BCUT2D eigenvalue weighted by atomic mass is 16.5.